The topological polar surface area (TPSA) is 64.6 Å². The standard InChI is InChI=1S/C18H25NO4/c1-6-9-22-15(5)18(21)23-11-17(20)19-14(4)16-8-7-12(2)13(3)10-16/h6-8,10,14-15H,1,9,11H2,2-5H3,(H,19,20). The summed E-state index contributed by atoms with van der Waals surface area (Å²) in [6.45, 7) is 11.0. The summed E-state index contributed by atoms with van der Waals surface area (Å²) in [5, 5.41) is 2.81. The Morgan fingerprint density at radius 3 is 2.57 bits per heavy atom. The molecule has 0 aliphatic heterocycles. The average molecular weight is 319 g/mol. The Kier molecular flexibility index (Phi) is 7.48. The first kappa shape index (κ1) is 18.9. The van der Waals surface area contributed by atoms with E-state index in [1.807, 2.05) is 39.0 Å². The molecule has 1 aromatic rings. The van der Waals surface area contributed by atoms with Gasteiger partial charge in [0, 0.05) is 0 Å². The van der Waals surface area contributed by atoms with Crippen LogP contribution >= 0.6 is 0 Å². The third kappa shape index (κ3) is 6.24. The summed E-state index contributed by atoms with van der Waals surface area (Å²) in [4.78, 5) is 23.5. The molecule has 0 aromatic heterocycles. The number of ether oxygens (including phenoxy) is 2. The highest BCUT2D eigenvalue weighted by Gasteiger charge is 2.17. The number of amides is 1. The van der Waals surface area contributed by atoms with Crippen LogP contribution in [0.3, 0.4) is 0 Å². The number of esters is 1. The van der Waals surface area contributed by atoms with Crippen LogP contribution in [0.5, 0.6) is 0 Å². The van der Waals surface area contributed by atoms with E-state index in [0.29, 0.717) is 0 Å². The van der Waals surface area contributed by atoms with Gasteiger partial charge in [-0.2, -0.15) is 0 Å². The summed E-state index contributed by atoms with van der Waals surface area (Å²) in [7, 11) is 0. The van der Waals surface area contributed by atoms with Crippen LogP contribution in [0.15, 0.2) is 30.9 Å². The molecule has 5 heteroatoms. The maximum atomic E-state index is 11.9. The summed E-state index contributed by atoms with van der Waals surface area (Å²) >= 11 is 0. The SMILES string of the molecule is C=CCOC(C)C(=O)OCC(=O)NC(C)c1ccc(C)c(C)c1. The molecule has 1 aromatic carbocycles. The molecular weight excluding hydrogens is 294 g/mol. The molecule has 1 amide bonds. The van der Waals surface area contributed by atoms with E-state index in [1.54, 1.807) is 13.0 Å². The molecule has 0 fully saturated rings. The number of carbonyl (C=O) groups excluding carboxylic acids is 2. The third-order valence-corrected chi connectivity index (χ3v) is 3.55. The van der Waals surface area contributed by atoms with Gasteiger partial charge >= 0.3 is 5.97 Å². The fourth-order valence-corrected chi connectivity index (χ4v) is 1.93. The predicted molar refractivity (Wildman–Crippen MR) is 89.0 cm³/mol. The zero-order valence-electron chi connectivity index (χ0n) is 14.2. The largest absolute Gasteiger partial charge is 0.454 e. The molecular formula is C18H25NO4. The van der Waals surface area contributed by atoms with E-state index in [0.717, 1.165) is 5.56 Å². The number of nitrogens with one attached hydrogen (secondary N) is 1. The third-order valence-electron chi connectivity index (χ3n) is 3.55. The van der Waals surface area contributed by atoms with E-state index in [9.17, 15) is 9.59 Å². The molecule has 2 atom stereocenters. The lowest BCUT2D eigenvalue weighted by atomic mass is 10.0. The van der Waals surface area contributed by atoms with Crippen LogP contribution in [0.2, 0.25) is 0 Å². The quantitative estimate of drug-likeness (QED) is 0.591. The molecule has 0 heterocycles. The number of carbonyl (C=O) groups is 2. The summed E-state index contributed by atoms with van der Waals surface area (Å²) in [6, 6.07) is 5.88. The maximum Gasteiger partial charge on any atom is 0.335 e. The molecule has 0 saturated heterocycles. The maximum absolute atomic E-state index is 11.9. The lowest BCUT2D eigenvalue weighted by Crippen LogP contribution is -2.33. The van der Waals surface area contributed by atoms with Crippen molar-refractivity contribution in [3.63, 3.8) is 0 Å². The smallest absolute Gasteiger partial charge is 0.335 e. The van der Waals surface area contributed by atoms with Crippen LogP contribution in [-0.2, 0) is 19.1 Å². The Hall–Kier alpha value is -2.14. The summed E-state index contributed by atoms with van der Waals surface area (Å²) < 4.78 is 10.1. The molecule has 0 radical (unpaired) electrons. The Bertz CT molecular complexity index is 568. The normalized spacial score (nSPS) is 13.0. The van der Waals surface area contributed by atoms with Gasteiger partial charge in [0.15, 0.2) is 12.7 Å². The average Bonchev–Trinajstić information content (AvgIpc) is 2.52. The van der Waals surface area contributed by atoms with Gasteiger partial charge in [0.2, 0.25) is 0 Å². The van der Waals surface area contributed by atoms with E-state index in [4.69, 9.17) is 9.47 Å². The fraction of sp³-hybridized carbons (Fsp3) is 0.444. The lowest BCUT2D eigenvalue weighted by Gasteiger charge is -2.16. The summed E-state index contributed by atoms with van der Waals surface area (Å²) in [6.07, 6.45) is 0.819. The van der Waals surface area contributed by atoms with Crippen molar-refractivity contribution in [2.75, 3.05) is 13.2 Å². The van der Waals surface area contributed by atoms with Crippen molar-refractivity contribution in [1.29, 1.82) is 0 Å². The van der Waals surface area contributed by atoms with Gasteiger partial charge in [0.25, 0.3) is 5.91 Å². The van der Waals surface area contributed by atoms with Crippen LogP contribution in [0, 0.1) is 13.8 Å². The number of hydrogen-bond acceptors (Lipinski definition) is 4. The molecule has 0 saturated carbocycles. The van der Waals surface area contributed by atoms with Crippen molar-refractivity contribution in [3.05, 3.63) is 47.5 Å². The number of hydrogen-bond donors (Lipinski definition) is 1. The van der Waals surface area contributed by atoms with Crippen molar-refractivity contribution in [3.8, 4) is 0 Å². The van der Waals surface area contributed by atoms with Crippen LogP contribution < -0.4 is 5.32 Å². The van der Waals surface area contributed by atoms with Crippen molar-refractivity contribution >= 4 is 11.9 Å². The summed E-state index contributed by atoms with van der Waals surface area (Å²) in [5.74, 6) is -0.916. The van der Waals surface area contributed by atoms with E-state index >= 15 is 0 Å². The Morgan fingerprint density at radius 2 is 1.96 bits per heavy atom. The molecule has 2 unspecified atom stereocenters. The van der Waals surface area contributed by atoms with Gasteiger partial charge < -0.3 is 14.8 Å². The number of aryl methyl sites for hydroxylation is 2. The monoisotopic (exact) mass is 319 g/mol. The molecule has 1 rings (SSSR count). The van der Waals surface area contributed by atoms with Gasteiger partial charge in [-0.05, 0) is 44.4 Å². The fourth-order valence-electron chi connectivity index (χ4n) is 1.93. The van der Waals surface area contributed by atoms with Crippen molar-refractivity contribution in [2.24, 2.45) is 0 Å². The Balaban J connectivity index is 2.45. The predicted octanol–water partition coefficient (Wildman–Crippen LogP) is 2.61. The van der Waals surface area contributed by atoms with Gasteiger partial charge in [-0.15, -0.1) is 6.58 Å². The van der Waals surface area contributed by atoms with E-state index in [2.05, 4.69) is 11.9 Å². The molecule has 23 heavy (non-hydrogen) atoms. The molecule has 0 bridgehead atoms. The number of benzene rings is 1. The van der Waals surface area contributed by atoms with Crippen molar-refractivity contribution < 1.29 is 19.1 Å². The summed E-state index contributed by atoms with van der Waals surface area (Å²) in [5.41, 5.74) is 3.38. The lowest BCUT2D eigenvalue weighted by molar-refractivity contribution is -0.158. The molecule has 1 N–H and O–H groups in total. The van der Waals surface area contributed by atoms with Crippen LogP contribution in [0.1, 0.15) is 36.6 Å². The van der Waals surface area contributed by atoms with Gasteiger partial charge in [0.1, 0.15) is 0 Å². The van der Waals surface area contributed by atoms with Gasteiger partial charge in [0.05, 0.1) is 12.6 Å². The highest BCUT2D eigenvalue weighted by molar-refractivity contribution is 5.82. The van der Waals surface area contributed by atoms with Crippen LogP contribution in [-0.4, -0.2) is 31.2 Å². The second-order valence-electron chi connectivity index (χ2n) is 5.50. The minimum atomic E-state index is -0.724. The first-order chi connectivity index (χ1) is 10.8. The molecule has 5 nitrogen and oxygen atoms in total. The molecule has 0 aliphatic carbocycles. The minimum absolute atomic E-state index is 0.157. The minimum Gasteiger partial charge on any atom is -0.454 e. The first-order valence-corrected chi connectivity index (χ1v) is 7.60. The van der Waals surface area contributed by atoms with Gasteiger partial charge in [-0.25, -0.2) is 4.79 Å². The van der Waals surface area contributed by atoms with Gasteiger partial charge in [-0.3, -0.25) is 4.79 Å². The zero-order valence-corrected chi connectivity index (χ0v) is 14.2. The molecule has 0 spiro atoms. The highest BCUT2D eigenvalue weighted by atomic mass is 16.6. The second-order valence-corrected chi connectivity index (χ2v) is 5.50. The molecule has 126 valence electrons. The van der Waals surface area contributed by atoms with Crippen LogP contribution in [0.4, 0.5) is 0 Å². The zero-order chi connectivity index (χ0) is 17.4. The highest BCUT2D eigenvalue weighted by Crippen LogP contribution is 2.16. The van der Waals surface area contributed by atoms with E-state index in [1.165, 1.54) is 11.1 Å². The second kappa shape index (κ2) is 9.10. The Morgan fingerprint density at radius 1 is 1.26 bits per heavy atom. The number of rotatable bonds is 8. The van der Waals surface area contributed by atoms with Crippen molar-refractivity contribution in [2.45, 2.75) is 39.8 Å². The van der Waals surface area contributed by atoms with E-state index < -0.39 is 12.1 Å². The molecule has 0 aliphatic rings. The van der Waals surface area contributed by atoms with E-state index in [-0.39, 0.29) is 25.2 Å². The first-order valence-electron chi connectivity index (χ1n) is 7.60. The van der Waals surface area contributed by atoms with Crippen molar-refractivity contribution in [1.82, 2.24) is 5.32 Å². The van der Waals surface area contributed by atoms with Gasteiger partial charge in [-0.1, -0.05) is 24.3 Å². The Labute approximate surface area is 137 Å². The van der Waals surface area contributed by atoms with Crippen LogP contribution in [0.25, 0.3) is 0 Å².